The average Bonchev–Trinajstić information content (AvgIpc) is 3.54. The third-order valence-corrected chi connectivity index (χ3v) is 5.50. The van der Waals surface area contributed by atoms with Gasteiger partial charge in [0.2, 0.25) is 0 Å². The van der Waals surface area contributed by atoms with E-state index in [1.54, 1.807) is 49.6 Å². The molecular formula is C24H21FN4O. The van der Waals surface area contributed by atoms with Crippen LogP contribution in [-0.4, -0.2) is 39.4 Å². The molecule has 2 aromatic carbocycles. The van der Waals surface area contributed by atoms with Crippen LogP contribution in [0.15, 0.2) is 61.1 Å². The monoisotopic (exact) mass is 400 g/mol. The van der Waals surface area contributed by atoms with Gasteiger partial charge < -0.3 is 9.47 Å². The van der Waals surface area contributed by atoms with Gasteiger partial charge in [0.15, 0.2) is 5.82 Å². The van der Waals surface area contributed by atoms with Crippen molar-refractivity contribution in [3.8, 4) is 22.5 Å². The number of amides is 1. The Bertz CT molecular complexity index is 1260. The van der Waals surface area contributed by atoms with E-state index in [9.17, 15) is 9.18 Å². The van der Waals surface area contributed by atoms with Gasteiger partial charge in [-0.25, -0.2) is 14.4 Å². The van der Waals surface area contributed by atoms with Crippen LogP contribution in [0, 0.1) is 5.82 Å². The summed E-state index contributed by atoms with van der Waals surface area (Å²) in [5.74, 6) is 0.220. The van der Waals surface area contributed by atoms with Gasteiger partial charge >= 0.3 is 0 Å². The van der Waals surface area contributed by atoms with Gasteiger partial charge in [0.25, 0.3) is 5.91 Å². The molecule has 6 heteroatoms. The summed E-state index contributed by atoms with van der Waals surface area (Å²) in [5.41, 5.74) is 3.69. The normalized spacial score (nSPS) is 13.6. The van der Waals surface area contributed by atoms with Gasteiger partial charge in [-0.1, -0.05) is 18.2 Å². The van der Waals surface area contributed by atoms with Crippen LogP contribution in [0.5, 0.6) is 0 Å². The summed E-state index contributed by atoms with van der Waals surface area (Å²) in [6, 6.07) is 12.9. The number of halogens is 1. The number of hydrogen-bond acceptors (Lipinski definition) is 3. The standard InChI is InChI=1S/C24H21FN4O/c1-28(2)24(30)15-7-10-22-19(11-15)20(14-29(22)17-8-9-17)23-26-12-16(13-27-23)18-5-3-4-6-21(18)25/h3-7,10-14,17H,8-9H2,1-2H3. The molecule has 0 atom stereocenters. The van der Waals surface area contributed by atoms with E-state index in [1.165, 1.54) is 6.07 Å². The molecule has 0 bridgehead atoms. The molecule has 150 valence electrons. The third-order valence-electron chi connectivity index (χ3n) is 5.50. The Morgan fingerprint density at radius 1 is 1.07 bits per heavy atom. The molecule has 5 rings (SSSR count). The van der Waals surface area contributed by atoms with Crippen molar-refractivity contribution < 1.29 is 9.18 Å². The van der Waals surface area contributed by atoms with Crippen LogP contribution in [0.3, 0.4) is 0 Å². The highest BCUT2D eigenvalue weighted by Gasteiger charge is 2.27. The molecule has 1 saturated carbocycles. The zero-order valence-corrected chi connectivity index (χ0v) is 16.8. The van der Waals surface area contributed by atoms with Crippen molar-refractivity contribution in [3.05, 3.63) is 72.4 Å². The average molecular weight is 400 g/mol. The molecule has 0 radical (unpaired) electrons. The molecule has 0 saturated heterocycles. The van der Waals surface area contributed by atoms with Crippen molar-refractivity contribution in [3.63, 3.8) is 0 Å². The topological polar surface area (TPSA) is 51.0 Å². The lowest BCUT2D eigenvalue weighted by Gasteiger charge is -2.10. The van der Waals surface area contributed by atoms with E-state index in [1.807, 2.05) is 18.2 Å². The predicted octanol–water partition coefficient (Wildman–Crippen LogP) is 4.94. The number of hydrogen-bond donors (Lipinski definition) is 0. The minimum Gasteiger partial charge on any atom is -0.345 e. The highest BCUT2D eigenvalue weighted by atomic mass is 19.1. The van der Waals surface area contributed by atoms with Crippen LogP contribution in [0.4, 0.5) is 4.39 Å². The van der Waals surface area contributed by atoms with E-state index in [2.05, 4.69) is 20.7 Å². The number of carbonyl (C=O) groups excluding carboxylic acids is 1. The van der Waals surface area contributed by atoms with E-state index in [-0.39, 0.29) is 11.7 Å². The first kappa shape index (κ1) is 18.5. The maximum atomic E-state index is 14.1. The van der Waals surface area contributed by atoms with Crippen molar-refractivity contribution in [1.82, 2.24) is 19.4 Å². The molecule has 1 amide bonds. The molecule has 0 unspecified atom stereocenters. The Hall–Kier alpha value is -3.54. The SMILES string of the molecule is CN(C)C(=O)c1ccc2c(c1)c(-c1ncc(-c3ccccc3F)cn1)cn2C1CC1. The Kier molecular flexibility index (Phi) is 4.35. The fourth-order valence-electron chi connectivity index (χ4n) is 3.78. The highest BCUT2D eigenvalue weighted by Crippen LogP contribution is 2.41. The number of nitrogens with zero attached hydrogens (tertiary/aromatic N) is 4. The quantitative estimate of drug-likeness (QED) is 0.487. The first-order valence-electron chi connectivity index (χ1n) is 9.96. The second kappa shape index (κ2) is 7.06. The van der Waals surface area contributed by atoms with Gasteiger partial charge in [-0.2, -0.15) is 0 Å². The first-order valence-corrected chi connectivity index (χ1v) is 9.96. The zero-order valence-electron chi connectivity index (χ0n) is 16.8. The van der Waals surface area contributed by atoms with E-state index >= 15 is 0 Å². The summed E-state index contributed by atoms with van der Waals surface area (Å²) in [4.78, 5) is 23.1. The lowest BCUT2D eigenvalue weighted by Crippen LogP contribution is -2.21. The summed E-state index contributed by atoms with van der Waals surface area (Å²) in [5, 5.41) is 0.952. The number of aromatic nitrogens is 3. The molecule has 5 nitrogen and oxygen atoms in total. The van der Waals surface area contributed by atoms with Crippen molar-refractivity contribution in [2.24, 2.45) is 0 Å². The van der Waals surface area contributed by atoms with Crippen molar-refractivity contribution in [1.29, 1.82) is 0 Å². The number of rotatable bonds is 4. The summed E-state index contributed by atoms with van der Waals surface area (Å²) in [7, 11) is 3.49. The lowest BCUT2D eigenvalue weighted by molar-refractivity contribution is 0.0828. The summed E-state index contributed by atoms with van der Waals surface area (Å²) in [6.07, 6.45) is 7.67. The largest absolute Gasteiger partial charge is 0.345 e. The Morgan fingerprint density at radius 2 is 1.80 bits per heavy atom. The number of fused-ring (bicyclic) bond motifs is 1. The van der Waals surface area contributed by atoms with Crippen LogP contribution >= 0.6 is 0 Å². The van der Waals surface area contributed by atoms with Crippen molar-refractivity contribution in [2.45, 2.75) is 18.9 Å². The van der Waals surface area contributed by atoms with Crippen molar-refractivity contribution >= 4 is 16.8 Å². The first-order chi connectivity index (χ1) is 14.5. The molecule has 30 heavy (non-hydrogen) atoms. The van der Waals surface area contributed by atoms with E-state index in [0.717, 1.165) is 29.3 Å². The Morgan fingerprint density at radius 3 is 2.47 bits per heavy atom. The van der Waals surface area contributed by atoms with Gasteiger partial charge in [-0.05, 0) is 37.1 Å². The van der Waals surface area contributed by atoms with Gasteiger partial charge in [0.1, 0.15) is 5.82 Å². The minimum atomic E-state index is -0.300. The fourth-order valence-corrected chi connectivity index (χ4v) is 3.78. The fraction of sp³-hybridized carbons (Fsp3) is 0.208. The highest BCUT2D eigenvalue weighted by molar-refractivity contribution is 6.02. The summed E-state index contributed by atoms with van der Waals surface area (Å²) >= 11 is 0. The van der Waals surface area contributed by atoms with Crippen LogP contribution in [0.2, 0.25) is 0 Å². The Labute approximate surface area is 173 Å². The van der Waals surface area contributed by atoms with Crippen LogP contribution in [0.1, 0.15) is 29.2 Å². The summed E-state index contributed by atoms with van der Waals surface area (Å²) in [6.45, 7) is 0. The molecule has 1 aliphatic rings. The van der Waals surface area contributed by atoms with E-state index in [0.29, 0.717) is 28.6 Å². The molecule has 1 aliphatic carbocycles. The zero-order chi connectivity index (χ0) is 20.8. The second-order valence-electron chi connectivity index (χ2n) is 7.89. The third kappa shape index (κ3) is 3.14. The predicted molar refractivity (Wildman–Crippen MR) is 115 cm³/mol. The van der Waals surface area contributed by atoms with Gasteiger partial charge in [-0.15, -0.1) is 0 Å². The molecule has 0 N–H and O–H groups in total. The van der Waals surface area contributed by atoms with Gasteiger partial charge in [0.05, 0.1) is 0 Å². The maximum absolute atomic E-state index is 14.1. The molecule has 2 heterocycles. The molecule has 0 spiro atoms. The van der Waals surface area contributed by atoms with Gasteiger partial charge in [0, 0.05) is 71.9 Å². The van der Waals surface area contributed by atoms with Gasteiger partial charge in [-0.3, -0.25) is 4.79 Å². The minimum absolute atomic E-state index is 0.0437. The number of carbonyl (C=O) groups is 1. The molecule has 0 aliphatic heterocycles. The molecule has 2 aromatic heterocycles. The lowest BCUT2D eigenvalue weighted by atomic mass is 10.1. The summed E-state index contributed by atoms with van der Waals surface area (Å²) < 4.78 is 16.3. The van der Waals surface area contributed by atoms with E-state index in [4.69, 9.17) is 0 Å². The van der Waals surface area contributed by atoms with Crippen LogP contribution in [0.25, 0.3) is 33.4 Å². The molecule has 1 fully saturated rings. The molecular weight excluding hydrogens is 379 g/mol. The van der Waals surface area contributed by atoms with E-state index < -0.39 is 0 Å². The van der Waals surface area contributed by atoms with Crippen molar-refractivity contribution in [2.75, 3.05) is 14.1 Å². The molecule has 4 aromatic rings. The Balaban J connectivity index is 1.61. The number of benzene rings is 2. The van der Waals surface area contributed by atoms with Crippen LogP contribution in [-0.2, 0) is 0 Å². The van der Waals surface area contributed by atoms with Crippen LogP contribution < -0.4 is 0 Å². The maximum Gasteiger partial charge on any atom is 0.253 e. The smallest absolute Gasteiger partial charge is 0.253 e. The second-order valence-corrected chi connectivity index (χ2v) is 7.89.